The minimum absolute atomic E-state index is 0.298. The van der Waals surface area contributed by atoms with Crippen LogP contribution in [0, 0.1) is 0 Å². The molecule has 4 heteroatoms. The van der Waals surface area contributed by atoms with Crippen molar-refractivity contribution in [3.8, 4) is 5.75 Å². The second kappa shape index (κ2) is 6.77. The molecule has 0 bridgehead atoms. The number of hydrogen-bond donors (Lipinski definition) is 1. The Morgan fingerprint density at radius 3 is 3.10 bits per heavy atom. The van der Waals surface area contributed by atoms with Crippen LogP contribution >= 0.6 is 0 Å². The number of ether oxygens (including phenoxy) is 2. The molecule has 0 spiro atoms. The van der Waals surface area contributed by atoms with Crippen molar-refractivity contribution in [2.75, 3.05) is 40.4 Å². The molecule has 0 radical (unpaired) electrons. The van der Waals surface area contributed by atoms with Crippen molar-refractivity contribution < 1.29 is 9.47 Å². The third-order valence-corrected chi connectivity index (χ3v) is 4.61. The van der Waals surface area contributed by atoms with Crippen LogP contribution in [0.1, 0.15) is 17.5 Å². The molecule has 2 aliphatic heterocycles. The number of rotatable bonds is 5. The number of nitrogens with zero attached hydrogens (tertiary/aromatic N) is 1. The number of aryl methyl sites for hydroxylation is 1. The largest absolute Gasteiger partial charge is 0.493 e. The summed E-state index contributed by atoms with van der Waals surface area (Å²) in [6, 6.07) is 7.04. The van der Waals surface area contributed by atoms with Gasteiger partial charge in [-0.3, -0.25) is 0 Å². The first kappa shape index (κ1) is 14.8. The summed E-state index contributed by atoms with van der Waals surface area (Å²) in [7, 11) is 4.21. The molecule has 1 aromatic rings. The SMILES string of the molecule is CNC(CCc1ccc2c(c1)CCO2)C1CN(C)CCO1. The lowest BCUT2D eigenvalue weighted by molar-refractivity contribution is -0.0385. The number of morpholine rings is 1. The fraction of sp³-hybridized carbons (Fsp3) is 0.647. The third-order valence-electron chi connectivity index (χ3n) is 4.61. The van der Waals surface area contributed by atoms with Crippen LogP contribution in [-0.4, -0.2) is 57.4 Å². The Bertz CT molecular complexity index is 478. The van der Waals surface area contributed by atoms with Gasteiger partial charge in [-0.2, -0.15) is 0 Å². The first-order valence-electron chi connectivity index (χ1n) is 7.98. The highest BCUT2D eigenvalue weighted by atomic mass is 16.5. The summed E-state index contributed by atoms with van der Waals surface area (Å²) in [4.78, 5) is 2.35. The Kier molecular flexibility index (Phi) is 4.78. The Labute approximate surface area is 127 Å². The normalized spacial score (nSPS) is 23.6. The monoisotopic (exact) mass is 290 g/mol. The van der Waals surface area contributed by atoms with E-state index in [1.54, 1.807) is 0 Å². The molecular formula is C17H26N2O2. The van der Waals surface area contributed by atoms with Crippen molar-refractivity contribution in [1.82, 2.24) is 10.2 Å². The minimum Gasteiger partial charge on any atom is -0.493 e. The number of nitrogens with one attached hydrogen (secondary N) is 1. The predicted molar refractivity (Wildman–Crippen MR) is 84.0 cm³/mol. The van der Waals surface area contributed by atoms with Gasteiger partial charge in [0.15, 0.2) is 0 Å². The molecule has 116 valence electrons. The molecule has 3 rings (SSSR count). The van der Waals surface area contributed by atoms with E-state index >= 15 is 0 Å². The molecule has 2 unspecified atom stereocenters. The smallest absolute Gasteiger partial charge is 0.122 e. The fourth-order valence-corrected chi connectivity index (χ4v) is 3.29. The summed E-state index contributed by atoms with van der Waals surface area (Å²) in [5.41, 5.74) is 2.77. The standard InChI is InChI=1S/C17H26N2O2/c1-18-15(17-12-19(2)8-10-21-17)5-3-13-4-6-16-14(11-13)7-9-20-16/h4,6,11,15,17-18H,3,5,7-10,12H2,1-2H3. The lowest BCUT2D eigenvalue weighted by Crippen LogP contribution is -2.50. The zero-order valence-corrected chi connectivity index (χ0v) is 13.1. The molecule has 2 atom stereocenters. The van der Waals surface area contributed by atoms with Crippen molar-refractivity contribution in [3.05, 3.63) is 29.3 Å². The molecule has 2 heterocycles. The van der Waals surface area contributed by atoms with Crippen LogP contribution in [0.15, 0.2) is 18.2 Å². The Hall–Kier alpha value is -1.10. The van der Waals surface area contributed by atoms with E-state index in [-0.39, 0.29) is 0 Å². The maximum atomic E-state index is 5.94. The number of hydrogen-bond acceptors (Lipinski definition) is 4. The number of likely N-dealkylation sites (N-methyl/N-ethyl adjacent to an activating group) is 2. The average Bonchev–Trinajstić information content (AvgIpc) is 2.95. The first-order valence-corrected chi connectivity index (χ1v) is 7.98. The van der Waals surface area contributed by atoms with Gasteiger partial charge in [0.2, 0.25) is 0 Å². The van der Waals surface area contributed by atoms with Crippen LogP contribution in [0.2, 0.25) is 0 Å². The van der Waals surface area contributed by atoms with E-state index in [1.807, 2.05) is 7.05 Å². The van der Waals surface area contributed by atoms with Gasteiger partial charge in [0.1, 0.15) is 5.75 Å². The summed E-state index contributed by atoms with van der Waals surface area (Å²) < 4.78 is 11.5. The van der Waals surface area contributed by atoms with Gasteiger partial charge in [-0.1, -0.05) is 12.1 Å². The van der Waals surface area contributed by atoms with Gasteiger partial charge in [0.05, 0.1) is 19.3 Å². The van der Waals surface area contributed by atoms with Gasteiger partial charge in [0.25, 0.3) is 0 Å². The Morgan fingerprint density at radius 2 is 2.29 bits per heavy atom. The molecule has 2 aliphatic rings. The molecule has 1 fully saturated rings. The van der Waals surface area contributed by atoms with Crippen molar-refractivity contribution in [1.29, 1.82) is 0 Å². The quantitative estimate of drug-likeness (QED) is 0.890. The van der Waals surface area contributed by atoms with E-state index in [0.29, 0.717) is 12.1 Å². The zero-order valence-electron chi connectivity index (χ0n) is 13.1. The van der Waals surface area contributed by atoms with Gasteiger partial charge >= 0.3 is 0 Å². The van der Waals surface area contributed by atoms with E-state index in [2.05, 4.69) is 35.5 Å². The summed E-state index contributed by atoms with van der Waals surface area (Å²) >= 11 is 0. The zero-order chi connectivity index (χ0) is 14.7. The molecule has 21 heavy (non-hydrogen) atoms. The lowest BCUT2D eigenvalue weighted by Gasteiger charge is -2.35. The van der Waals surface area contributed by atoms with E-state index in [1.165, 1.54) is 11.1 Å². The van der Waals surface area contributed by atoms with Crippen LogP contribution in [0.3, 0.4) is 0 Å². The highest BCUT2D eigenvalue weighted by molar-refractivity contribution is 5.39. The highest BCUT2D eigenvalue weighted by Gasteiger charge is 2.25. The fourth-order valence-electron chi connectivity index (χ4n) is 3.29. The van der Waals surface area contributed by atoms with E-state index in [4.69, 9.17) is 9.47 Å². The van der Waals surface area contributed by atoms with Crippen LogP contribution in [0.4, 0.5) is 0 Å². The van der Waals surface area contributed by atoms with Crippen molar-refractivity contribution >= 4 is 0 Å². The second-order valence-corrected chi connectivity index (χ2v) is 6.15. The van der Waals surface area contributed by atoms with Gasteiger partial charge in [-0.25, -0.2) is 0 Å². The van der Waals surface area contributed by atoms with Crippen molar-refractivity contribution in [2.45, 2.75) is 31.4 Å². The average molecular weight is 290 g/mol. The molecule has 0 saturated carbocycles. The number of benzene rings is 1. The highest BCUT2D eigenvalue weighted by Crippen LogP contribution is 2.26. The van der Waals surface area contributed by atoms with Crippen molar-refractivity contribution in [3.63, 3.8) is 0 Å². The van der Waals surface area contributed by atoms with E-state index in [9.17, 15) is 0 Å². The van der Waals surface area contributed by atoms with Gasteiger partial charge in [0, 0.05) is 25.6 Å². The predicted octanol–water partition coefficient (Wildman–Crippen LogP) is 1.47. The molecule has 0 aliphatic carbocycles. The van der Waals surface area contributed by atoms with Crippen LogP contribution < -0.4 is 10.1 Å². The number of fused-ring (bicyclic) bond motifs is 1. The molecule has 1 saturated heterocycles. The van der Waals surface area contributed by atoms with Gasteiger partial charge in [-0.15, -0.1) is 0 Å². The maximum absolute atomic E-state index is 5.94. The summed E-state index contributed by atoms with van der Waals surface area (Å²) in [5.74, 6) is 1.07. The van der Waals surface area contributed by atoms with Crippen LogP contribution in [0.25, 0.3) is 0 Å². The molecular weight excluding hydrogens is 264 g/mol. The summed E-state index contributed by atoms with van der Waals surface area (Å²) in [5, 5.41) is 3.44. The summed E-state index contributed by atoms with van der Waals surface area (Å²) in [6.07, 6.45) is 3.54. The topological polar surface area (TPSA) is 33.7 Å². The van der Waals surface area contributed by atoms with Crippen LogP contribution in [-0.2, 0) is 17.6 Å². The van der Waals surface area contributed by atoms with Gasteiger partial charge in [-0.05, 0) is 44.1 Å². The van der Waals surface area contributed by atoms with E-state index in [0.717, 1.165) is 51.3 Å². The maximum Gasteiger partial charge on any atom is 0.122 e. The summed E-state index contributed by atoms with van der Waals surface area (Å²) in [6.45, 7) is 3.73. The molecule has 0 amide bonds. The minimum atomic E-state index is 0.298. The van der Waals surface area contributed by atoms with Gasteiger partial charge < -0.3 is 19.7 Å². The van der Waals surface area contributed by atoms with E-state index < -0.39 is 0 Å². The Morgan fingerprint density at radius 1 is 1.38 bits per heavy atom. The molecule has 4 nitrogen and oxygen atoms in total. The third kappa shape index (κ3) is 3.57. The Balaban J connectivity index is 1.57. The molecule has 0 aromatic heterocycles. The van der Waals surface area contributed by atoms with Crippen molar-refractivity contribution in [2.24, 2.45) is 0 Å². The molecule has 1 N–H and O–H groups in total. The second-order valence-electron chi connectivity index (χ2n) is 6.15. The lowest BCUT2D eigenvalue weighted by atomic mass is 9.98. The molecule has 1 aromatic carbocycles. The first-order chi connectivity index (χ1) is 10.3. The van der Waals surface area contributed by atoms with Crippen LogP contribution in [0.5, 0.6) is 5.75 Å².